The van der Waals surface area contributed by atoms with Crippen LogP contribution in [0.2, 0.25) is 0 Å². The molecule has 0 unspecified atom stereocenters. The Kier molecular flexibility index (Phi) is 4.10. The van der Waals surface area contributed by atoms with Gasteiger partial charge in [0.1, 0.15) is 5.01 Å². The summed E-state index contributed by atoms with van der Waals surface area (Å²) in [6.45, 7) is 0. The number of benzene rings is 1. The molecule has 5 heteroatoms. The van der Waals surface area contributed by atoms with E-state index in [9.17, 15) is 4.79 Å². The van der Waals surface area contributed by atoms with Crippen LogP contribution < -0.4 is 0 Å². The third-order valence-electron chi connectivity index (χ3n) is 1.81. The molecule has 0 saturated carbocycles. The molecule has 0 fully saturated rings. The quantitative estimate of drug-likeness (QED) is 0.774. The predicted octanol–water partition coefficient (Wildman–Crippen LogP) is 1.86. The standard InChI is InChI=1S/C10H7NO2S.Li.H/c12-10(13)8-3-1-7(2-4-8)9-11-5-6-14-9;;/h1-6H,(H,12,13);;. The van der Waals surface area contributed by atoms with Crippen LogP contribution in [-0.4, -0.2) is 34.9 Å². The van der Waals surface area contributed by atoms with Crippen LogP contribution in [-0.2, 0) is 0 Å². The fourth-order valence-electron chi connectivity index (χ4n) is 1.12. The van der Waals surface area contributed by atoms with Crippen molar-refractivity contribution in [3.8, 4) is 10.6 Å². The second-order valence-electron chi connectivity index (χ2n) is 2.72. The van der Waals surface area contributed by atoms with Gasteiger partial charge in [-0.1, -0.05) is 12.1 Å². The van der Waals surface area contributed by atoms with Crippen molar-refractivity contribution in [2.24, 2.45) is 0 Å². The Balaban J connectivity index is 0.00000112. The van der Waals surface area contributed by atoms with Crippen molar-refractivity contribution in [2.75, 3.05) is 0 Å². The van der Waals surface area contributed by atoms with Gasteiger partial charge in [0.05, 0.1) is 5.56 Å². The van der Waals surface area contributed by atoms with Crippen LogP contribution in [0.4, 0.5) is 0 Å². The number of aromatic nitrogens is 1. The Labute approximate surface area is 103 Å². The van der Waals surface area contributed by atoms with Gasteiger partial charge in [-0.15, -0.1) is 11.3 Å². The Morgan fingerprint density at radius 3 is 2.40 bits per heavy atom. The molecule has 15 heavy (non-hydrogen) atoms. The summed E-state index contributed by atoms with van der Waals surface area (Å²) in [5.41, 5.74) is 1.25. The normalized spacial score (nSPS) is 9.33. The summed E-state index contributed by atoms with van der Waals surface area (Å²) in [4.78, 5) is 14.7. The molecule has 0 aliphatic rings. The third kappa shape index (κ3) is 2.69. The predicted molar refractivity (Wildman–Crippen MR) is 61.7 cm³/mol. The summed E-state index contributed by atoms with van der Waals surface area (Å²) in [7, 11) is 0. The summed E-state index contributed by atoms with van der Waals surface area (Å²) >= 11 is 1.53. The van der Waals surface area contributed by atoms with E-state index in [1.54, 1.807) is 30.5 Å². The third-order valence-corrected chi connectivity index (χ3v) is 2.63. The fourth-order valence-corrected chi connectivity index (χ4v) is 1.77. The molecule has 0 spiro atoms. The molecule has 1 N–H and O–H groups in total. The zero-order valence-electron chi connectivity index (χ0n) is 7.18. The second-order valence-corrected chi connectivity index (χ2v) is 3.61. The van der Waals surface area contributed by atoms with Crippen LogP contribution in [0.25, 0.3) is 10.6 Å². The molecule has 0 atom stereocenters. The molecule has 0 bridgehead atoms. The van der Waals surface area contributed by atoms with Gasteiger partial charge in [0.15, 0.2) is 0 Å². The zero-order valence-corrected chi connectivity index (χ0v) is 7.99. The minimum atomic E-state index is -0.907. The van der Waals surface area contributed by atoms with Crippen LogP contribution in [0, 0.1) is 0 Å². The van der Waals surface area contributed by atoms with Gasteiger partial charge in [-0.25, -0.2) is 9.78 Å². The van der Waals surface area contributed by atoms with E-state index < -0.39 is 5.97 Å². The number of thiazole rings is 1. The molecule has 1 heterocycles. The van der Waals surface area contributed by atoms with E-state index in [2.05, 4.69) is 4.98 Å². The Hall–Kier alpha value is -1.08. The molecule has 1 aromatic carbocycles. The number of carboxylic acids is 1. The molecule has 0 radical (unpaired) electrons. The average Bonchev–Trinajstić information content (AvgIpc) is 2.71. The maximum absolute atomic E-state index is 10.6. The summed E-state index contributed by atoms with van der Waals surface area (Å²) in [6, 6.07) is 6.70. The zero-order chi connectivity index (χ0) is 9.97. The van der Waals surface area contributed by atoms with Gasteiger partial charge in [-0.2, -0.15) is 0 Å². The SMILES string of the molecule is O=C(O)c1ccc(-c2nccs2)cc1.[LiH]. The van der Waals surface area contributed by atoms with E-state index in [1.165, 1.54) is 11.3 Å². The molecular formula is C10H8LiNO2S. The van der Waals surface area contributed by atoms with E-state index in [4.69, 9.17) is 5.11 Å². The summed E-state index contributed by atoms with van der Waals surface area (Å²) in [5, 5.41) is 11.5. The molecule has 0 aliphatic carbocycles. The van der Waals surface area contributed by atoms with E-state index >= 15 is 0 Å². The van der Waals surface area contributed by atoms with Crippen molar-refractivity contribution >= 4 is 36.2 Å². The maximum atomic E-state index is 10.6. The number of rotatable bonds is 2. The first kappa shape index (κ1) is 12.0. The molecule has 2 aromatic rings. The van der Waals surface area contributed by atoms with Crippen molar-refractivity contribution in [3.63, 3.8) is 0 Å². The topological polar surface area (TPSA) is 50.2 Å². The summed E-state index contributed by atoms with van der Waals surface area (Å²) < 4.78 is 0. The van der Waals surface area contributed by atoms with Gasteiger partial charge < -0.3 is 5.11 Å². The van der Waals surface area contributed by atoms with Crippen LogP contribution in [0.15, 0.2) is 35.8 Å². The number of aromatic carboxylic acids is 1. The summed E-state index contributed by atoms with van der Waals surface area (Å²) in [6.07, 6.45) is 1.73. The van der Waals surface area contributed by atoms with Gasteiger partial charge in [-0.05, 0) is 12.1 Å². The van der Waals surface area contributed by atoms with Gasteiger partial charge in [0, 0.05) is 17.1 Å². The van der Waals surface area contributed by atoms with Gasteiger partial charge >= 0.3 is 24.8 Å². The first-order valence-corrected chi connectivity index (χ1v) is 4.88. The van der Waals surface area contributed by atoms with Crippen LogP contribution in [0.5, 0.6) is 0 Å². The Bertz CT molecular complexity index is 439. The monoisotopic (exact) mass is 213 g/mol. The molecule has 1 aromatic heterocycles. The number of carbonyl (C=O) groups is 1. The molecule has 2 rings (SSSR count). The molecule has 3 nitrogen and oxygen atoms in total. The van der Waals surface area contributed by atoms with E-state index in [0.717, 1.165) is 10.6 Å². The number of nitrogens with zero attached hydrogens (tertiary/aromatic N) is 1. The molecule has 0 aliphatic heterocycles. The molecule has 72 valence electrons. The van der Waals surface area contributed by atoms with Gasteiger partial charge in [0.2, 0.25) is 0 Å². The van der Waals surface area contributed by atoms with Crippen molar-refractivity contribution < 1.29 is 9.90 Å². The Morgan fingerprint density at radius 2 is 1.93 bits per heavy atom. The van der Waals surface area contributed by atoms with Crippen molar-refractivity contribution in [1.29, 1.82) is 0 Å². The molecule has 0 saturated heterocycles. The van der Waals surface area contributed by atoms with E-state index in [1.807, 2.05) is 5.38 Å². The number of carboxylic acid groups (broad SMARTS) is 1. The Morgan fingerprint density at radius 1 is 1.27 bits per heavy atom. The average molecular weight is 213 g/mol. The van der Waals surface area contributed by atoms with Crippen molar-refractivity contribution in [1.82, 2.24) is 4.98 Å². The minimum absolute atomic E-state index is 0. The van der Waals surface area contributed by atoms with E-state index in [-0.39, 0.29) is 18.9 Å². The number of hydrogen-bond acceptors (Lipinski definition) is 3. The van der Waals surface area contributed by atoms with Crippen LogP contribution in [0.3, 0.4) is 0 Å². The summed E-state index contributed by atoms with van der Waals surface area (Å²) in [5.74, 6) is -0.907. The van der Waals surface area contributed by atoms with Gasteiger partial charge in [-0.3, -0.25) is 0 Å². The van der Waals surface area contributed by atoms with E-state index in [0.29, 0.717) is 5.56 Å². The van der Waals surface area contributed by atoms with Crippen LogP contribution >= 0.6 is 11.3 Å². The first-order valence-electron chi connectivity index (χ1n) is 4.00. The van der Waals surface area contributed by atoms with Crippen molar-refractivity contribution in [3.05, 3.63) is 41.4 Å². The van der Waals surface area contributed by atoms with Gasteiger partial charge in [0.25, 0.3) is 0 Å². The fraction of sp³-hybridized carbons (Fsp3) is 0. The number of hydrogen-bond donors (Lipinski definition) is 1. The molecular weight excluding hydrogens is 205 g/mol. The first-order chi connectivity index (χ1) is 6.77. The second kappa shape index (κ2) is 5.13. The van der Waals surface area contributed by atoms with Crippen molar-refractivity contribution in [2.45, 2.75) is 0 Å². The van der Waals surface area contributed by atoms with Crippen LogP contribution in [0.1, 0.15) is 10.4 Å². The molecule has 0 amide bonds.